The smallest absolute Gasteiger partial charge is 0.157 e. The summed E-state index contributed by atoms with van der Waals surface area (Å²) in [4.78, 5) is 0. The maximum atomic E-state index is 10.5. The molecule has 2 heteroatoms. The molecule has 0 saturated heterocycles. The van der Waals surface area contributed by atoms with Crippen LogP contribution in [0.2, 0.25) is 0 Å². The molecule has 126 valence electrons. The molecule has 0 amide bonds. The number of hydrogen-bond donors (Lipinski definition) is 1. The van der Waals surface area contributed by atoms with Crippen LogP contribution < -0.4 is 0 Å². The van der Waals surface area contributed by atoms with Crippen LogP contribution in [0.5, 0.6) is 0 Å². The first-order valence-corrected chi connectivity index (χ1v) is 8.94. The molecular weight excluding hydrogens is 260 g/mol. The average Bonchev–Trinajstić information content (AvgIpc) is 2.34. The van der Waals surface area contributed by atoms with E-state index in [1.54, 1.807) is 0 Å². The monoisotopic (exact) mass is 298 g/mol. The zero-order valence-corrected chi connectivity index (χ0v) is 15.4. The third kappa shape index (κ3) is 6.28. The fraction of sp³-hybridized carbons (Fsp3) is 1.00. The summed E-state index contributed by atoms with van der Waals surface area (Å²) in [5.41, 5.74) is 0.404. The quantitative estimate of drug-likeness (QED) is 0.679. The highest BCUT2D eigenvalue weighted by atomic mass is 16.6. The Balaban J connectivity index is 2.46. The van der Waals surface area contributed by atoms with E-state index in [9.17, 15) is 5.11 Å². The van der Waals surface area contributed by atoms with E-state index in [1.807, 2.05) is 0 Å². The molecule has 0 spiro atoms. The van der Waals surface area contributed by atoms with Gasteiger partial charge in [-0.15, -0.1) is 0 Å². The summed E-state index contributed by atoms with van der Waals surface area (Å²) in [6.07, 6.45) is 5.37. The molecule has 1 aliphatic rings. The van der Waals surface area contributed by atoms with E-state index in [2.05, 4.69) is 48.5 Å². The summed E-state index contributed by atoms with van der Waals surface area (Å²) in [5.74, 6) is 2.12. The van der Waals surface area contributed by atoms with Gasteiger partial charge < -0.3 is 9.84 Å². The molecular formula is C19H38O2. The van der Waals surface area contributed by atoms with Crippen molar-refractivity contribution in [3.63, 3.8) is 0 Å². The van der Waals surface area contributed by atoms with Crippen LogP contribution in [-0.4, -0.2) is 17.5 Å². The lowest BCUT2D eigenvalue weighted by molar-refractivity contribution is -0.186. The second kappa shape index (κ2) is 7.97. The highest BCUT2D eigenvalue weighted by molar-refractivity contribution is 4.81. The van der Waals surface area contributed by atoms with E-state index in [4.69, 9.17) is 4.74 Å². The highest BCUT2D eigenvalue weighted by Crippen LogP contribution is 2.39. The molecule has 0 bridgehead atoms. The number of aliphatic hydroxyl groups excluding tert-OH is 1. The molecule has 0 aromatic carbocycles. The molecule has 2 nitrogen and oxygen atoms in total. The van der Waals surface area contributed by atoms with Gasteiger partial charge in [0.1, 0.15) is 0 Å². The summed E-state index contributed by atoms with van der Waals surface area (Å²) in [6, 6.07) is 0. The average molecular weight is 299 g/mol. The molecule has 0 radical (unpaired) electrons. The van der Waals surface area contributed by atoms with Gasteiger partial charge in [0, 0.05) is 5.92 Å². The summed E-state index contributed by atoms with van der Waals surface area (Å²) in [7, 11) is 0. The van der Waals surface area contributed by atoms with Crippen molar-refractivity contribution >= 4 is 0 Å². The van der Waals surface area contributed by atoms with Crippen LogP contribution in [0.4, 0.5) is 0 Å². The Morgan fingerprint density at radius 1 is 1.00 bits per heavy atom. The highest BCUT2D eigenvalue weighted by Gasteiger charge is 2.32. The Kier molecular flexibility index (Phi) is 7.19. The third-order valence-electron chi connectivity index (χ3n) is 5.20. The van der Waals surface area contributed by atoms with Crippen molar-refractivity contribution in [3.05, 3.63) is 0 Å². The second-order valence-corrected chi connectivity index (χ2v) is 8.90. The maximum absolute atomic E-state index is 10.5. The minimum atomic E-state index is -0.594. The zero-order chi connectivity index (χ0) is 16.2. The summed E-state index contributed by atoms with van der Waals surface area (Å²) >= 11 is 0. The first kappa shape index (κ1) is 19.0. The number of hydrogen-bond acceptors (Lipinski definition) is 2. The molecule has 1 saturated carbocycles. The van der Waals surface area contributed by atoms with Gasteiger partial charge in [-0.1, -0.05) is 48.5 Å². The fourth-order valence-corrected chi connectivity index (χ4v) is 3.63. The maximum Gasteiger partial charge on any atom is 0.157 e. The molecule has 0 aromatic heterocycles. The van der Waals surface area contributed by atoms with Gasteiger partial charge in [-0.3, -0.25) is 0 Å². The molecule has 0 aromatic rings. The number of aliphatic hydroxyl groups is 1. The van der Waals surface area contributed by atoms with Crippen molar-refractivity contribution in [2.75, 3.05) is 0 Å². The van der Waals surface area contributed by atoms with Crippen molar-refractivity contribution in [2.45, 2.75) is 93.0 Å². The zero-order valence-electron chi connectivity index (χ0n) is 15.4. The lowest BCUT2D eigenvalue weighted by Crippen LogP contribution is -2.36. The number of rotatable bonds is 6. The topological polar surface area (TPSA) is 29.5 Å². The third-order valence-corrected chi connectivity index (χ3v) is 5.20. The molecule has 0 heterocycles. The van der Waals surface area contributed by atoms with Crippen molar-refractivity contribution in [1.82, 2.24) is 0 Å². The van der Waals surface area contributed by atoms with E-state index in [0.717, 1.165) is 25.2 Å². The molecule has 1 aliphatic carbocycles. The van der Waals surface area contributed by atoms with Gasteiger partial charge in [-0.25, -0.2) is 0 Å². The van der Waals surface area contributed by atoms with Crippen molar-refractivity contribution < 1.29 is 9.84 Å². The summed E-state index contributed by atoms with van der Waals surface area (Å²) in [5, 5.41) is 10.5. The van der Waals surface area contributed by atoms with Gasteiger partial charge in [-0.2, -0.15) is 0 Å². The van der Waals surface area contributed by atoms with Crippen LogP contribution in [0.15, 0.2) is 0 Å². The fourth-order valence-electron chi connectivity index (χ4n) is 3.63. The first-order chi connectivity index (χ1) is 9.61. The van der Waals surface area contributed by atoms with Crippen LogP contribution in [0, 0.1) is 29.1 Å². The Bertz CT molecular complexity index is 282. The Morgan fingerprint density at radius 2 is 1.52 bits per heavy atom. The first-order valence-electron chi connectivity index (χ1n) is 8.94. The molecule has 2 unspecified atom stereocenters. The normalized spacial score (nSPS) is 27.1. The van der Waals surface area contributed by atoms with E-state index in [1.165, 1.54) is 12.8 Å². The van der Waals surface area contributed by atoms with Gasteiger partial charge >= 0.3 is 0 Å². The van der Waals surface area contributed by atoms with E-state index >= 15 is 0 Å². The lowest BCUT2D eigenvalue weighted by atomic mass is 9.72. The van der Waals surface area contributed by atoms with Crippen LogP contribution in [-0.2, 0) is 4.74 Å². The molecule has 21 heavy (non-hydrogen) atoms. The summed E-state index contributed by atoms with van der Waals surface area (Å²) in [6.45, 7) is 15.8. The molecule has 1 fully saturated rings. The van der Waals surface area contributed by atoms with Crippen LogP contribution in [0.1, 0.15) is 80.6 Å². The van der Waals surface area contributed by atoms with Crippen molar-refractivity contribution in [1.29, 1.82) is 0 Å². The van der Waals surface area contributed by atoms with Gasteiger partial charge in [-0.05, 0) is 55.3 Å². The number of ether oxygens (including phenoxy) is 1. The van der Waals surface area contributed by atoms with Crippen LogP contribution in [0.3, 0.4) is 0 Å². The largest absolute Gasteiger partial charge is 0.368 e. The predicted octanol–water partition coefficient (Wildman–Crippen LogP) is 5.24. The summed E-state index contributed by atoms with van der Waals surface area (Å²) < 4.78 is 6.03. The van der Waals surface area contributed by atoms with Crippen LogP contribution in [0.25, 0.3) is 0 Å². The van der Waals surface area contributed by atoms with E-state index in [-0.39, 0.29) is 12.0 Å². The minimum Gasteiger partial charge on any atom is -0.368 e. The predicted molar refractivity (Wildman–Crippen MR) is 90.1 cm³/mol. The molecule has 2 atom stereocenters. The van der Waals surface area contributed by atoms with Gasteiger partial charge in [0.15, 0.2) is 6.29 Å². The lowest BCUT2D eigenvalue weighted by Gasteiger charge is -2.38. The van der Waals surface area contributed by atoms with Gasteiger partial charge in [0.05, 0.1) is 6.10 Å². The van der Waals surface area contributed by atoms with Crippen molar-refractivity contribution in [2.24, 2.45) is 29.1 Å². The molecule has 0 aliphatic heterocycles. The standard InChI is InChI=1S/C19H38O2/c1-13(2)12-17(14(3)4)18(20)21-16-10-8-15(9-11-16)19(5,6)7/h13-18,20H,8-12H2,1-7H3. The molecule has 1 N–H and O–H groups in total. The Morgan fingerprint density at radius 3 is 1.90 bits per heavy atom. The Labute approximate surface area is 132 Å². The minimum absolute atomic E-state index is 0.255. The molecule has 1 rings (SSSR count). The van der Waals surface area contributed by atoms with E-state index in [0.29, 0.717) is 17.3 Å². The van der Waals surface area contributed by atoms with E-state index < -0.39 is 6.29 Å². The Hall–Kier alpha value is -0.0800. The second-order valence-electron chi connectivity index (χ2n) is 8.90. The van der Waals surface area contributed by atoms with Gasteiger partial charge in [0.25, 0.3) is 0 Å². The van der Waals surface area contributed by atoms with Crippen molar-refractivity contribution in [3.8, 4) is 0 Å². The SMILES string of the molecule is CC(C)CC(C(C)C)C(O)OC1CCC(C(C)(C)C)CC1. The van der Waals surface area contributed by atoms with Crippen LogP contribution >= 0.6 is 0 Å². The van der Waals surface area contributed by atoms with Gasteiger partial charge in [0.2, 0.25) is 0 Å².